The normalized spacial score (nSPS) is 24.1. The van der Waals surface area contributed by atoms with Gasteiger partial charge in [-0.2, -0.15) is 0 Å². The molecule has 2 fully saturated rings. The second kappa shape index (κ2) is 7.71. The molecule has 2 aromatic carbocycles. The van der Waals surface area contributed by atoms with Gasteiger partial charge in [-0.05, 0) is 67.5 Å². The van der Waals surface area contributed by atoms with Crippen LogP contribution in [0.5, 0.6) is 17.2 Å². The Bertz CT molecular complexity index is 981. The standard InChI is InChI=1S/C25H26O5/c1-17-10-20-15-28-24(26)25(20,13-17)14-19-4-2-6-21(11-19)27-9-3-5-18-7-8-22-23(12-18)30-16-29-22/h2,4,6-8,11-12,20H,1,3,5,9-10,13-16H2. The zero-order valence-corrected chi connectivity index (χ0v) is 17.0. The number of hydrogen-bond acceptors (Lipinski definition) is 5. The van der Waals surface area contributed by atoms with E-state index < -0.39 is 5.41 Å². The van der Waals surface area contributed by atoms with Gasteiger partial charge in [-0.25, -0.2) is 0 Å². The van der Waals surface area contributed by atoms with Crippen LogP contribution in [0.4, 0.5) is 0 Å². The molecule has 0 amide bonds. The molecule has 30 heavy (non-hydrogen) atoms. The van der Waals surface area contributed by atoms with Gasteiger partial charge in [0.2, 0.25) is 6.79 Å². The first-order valence-corrected chi connectivity index (χ1v) is 10.6. The van der Waals surface area contributed by atoms with Crippen LogP contribution in [-0.4, -0.2) is 26.0 Å². The maximum atomic E-state index is 12.5. The van der Waals surface area contributed by atoms with E-state index in [1.54, 1.807) is 0 Å². The molecule has 5 rings (SSSR count). The number of cyclic esters (lactones) is 1. The number of rotatable bonds is 7. The van der Waals surface area contributed by atoms with E-state index in [1.165, 1.54) is 5.56 Å². The van der Waals surface area contributed by atoms with E-state index in [2.05, 4.69) is 24.8 Å². The van der Waals surface area contributed by atoms with Crippen LogP contribution in [0.1, 0.15) is 30.4 Å². The smallest absolute Gasteiger partial charge is 0.313 e. The van der Waals surface area contributed by atoms with Gasteiger partial charge in [0.05, 0.1) is 18.6 Å². The van der Waals surface area contributed by atoms with Crippen LogP contribution >= 0.6 is 0 Å². The predicted molar refractivity (Wildman–Crippen MR) is 112 cm³/mol. The van der Waals surface area contributed by atoms with Crippen LogP contribution in [0.3, 0.4) is 0 Å². The Morgan fingerprint density at radius 2 is 1.97 bits per heavy atom. The third kappa shape index (κ3) is 3.53. The van der Waals surface area contributed by atoms with Crippen LogP contribution in [0.15, 0.2) is 54.6 Å². The average molecular weight is 406 g/mol. The molecule has 2 unspecified atom stereocenters. The number of carbonyl (C=O) groups is 1. The maximum absolute atomic E-state index is 12.5. The van der Waals surface area contributed by atoms with Crippen LogP contribution < -0.4 is 14.2 Å². The molecular formula is C25H26O5. The van der Waals surface area contributed by atoms with Crippen molar-refractivity contribution >= 4 is 5.97 Å². The number of fused-ring (bicyclic) bond motifs is 2. The molecule has 5 nitrogen and oxygen atoms in total. The molecule has 1 aliphatic carbocycles. The van der Waals surface area contributed by atoms with Gasteiger partial charge in [0.1, 0.15) is 5.75 Å². The van der Waals surface area contributed by atoms with Crippen molar-refractivity contribution in [1.29, 1.82) is 0 Å². The maximum Gasteiger partial charge on any atom is 0.313 e. The minimum absolute atomic E-state index is 0.0683. The molecule has 2 aromatic rings. The summed E-state index contributed by atoms with van der Waals surface area (Å²) < 4.78 is 22.2. The highest BCUT2D eigenvalue weighted by Gasteiger charge is 2.55. The van der Waals surface area contributed by atoms with E-state index in [0.717, 1.165) is 54.1 Å². The van der Waals surface area contributed by atoms with E-state index in [4.69, 9.17) is 18.9 Å². The zero-order chi connectivity index (χ0) is 20.6. The molecule has 1 saturated carbocycles. The molecule has 2 aliphatic heterocycles. The summed E-state index contributed by atoms with van der Waals surface area (Å²) in [5.41, 5.74) is 3.05. The Hall–Kier alpha value is -2.95. The van der Waals surface area contributed by atoms with Gasteiger partial charge in [-0.15, -0.1) is 0 Å². The van der Waals surface area contributed by atoms with E-state index in [1.807, 2.05) is 24.3 Å². The highest BCUT2D eigenvalue weighted by atomic mass is 16.7. The topological polar surface area (TPSA) is 54.0 Å². The van der Waals surface area contributed by atoms with Crippen molar-refractivity contribution in [3.63, 3.8) is 0 Å². The number of esters is 1. The molecular weight excluding hydrogens is 380 g/mol. The van der Waals surface area contributed by atoms with Gasteiger partial charge >= 0.3 is 5.97 Å². The second-order valence-electron chi connectivity index (χ2n) is 8.55. The zero-order valence-electron chi connectivity index (χ0n) is 17.0. The third-order valence-electron chi connectivity index (χ3n) is 6.44. The fraction of sp³-hybridized carbons (Fsp3) is 0.400. The van der Waals surface area contributed by atoms with Gasteiger partial charge in [0.15, 0.2) is 11.5 Å². The molecule has 156 valence electrons. The molecule has 5 heteroatoms. The molecule has 0 bridgehead atoms. The Morgan fingerprint density at radius 1 is 1.07 bits per heavy atom. The Morgan fingerprint density at radius 3 is 2.90 bits per heavy atom. The lowest BCUT2D eigenvalue weighted by Crippen LogP contribution is -2.31. The lowest BCUT2D eigenvalue weighted by atomic mass is 9.75. The summed E-state index contributed by atoms with van der Waals surface area (Å²) in [5, 5.41) is 0. The van der Waals surface area contributed by atoms with Crippen LogP contribution in [0.25, 0.3) is 0 Å². The Kier molecular flexibility index (Phi) is 4.89. The van der Waals surface area contributed by atoms with Gasteiger partial charge in [0.25, 0.3) is 0 Å². The molecule has 3 aliphatic rings. The van der Waals surface area contributed by atoms with Crippen molar-refractivity contribution < 1.29 is 23.7 Å². The van der Waals surface area contributed by atoms with Crippen molar-refractivity contribution in [3.05, 3.63) is 65.7 Å². The summed E-state index contributed by atoms with van der Waals surface area (Å²) in [6.45, 7) is 5.57. The van der Waals surface area contributed by atoms with Crippen LogP contribution in [0.2, 0.25) is 0 Å². The highest BCUT2D eigenvalue weighted by Crippen LogP contribution is 2.52. The van der Waals surface area contributed by atoms with Crippen molar-refractivity contribution in [2.24, 2.45) is 11.3 Å². The second-order valence-corrected chi connectivity index (χ2v) is 8.55. The third-order valence-corrected chi connectivity index (χ3v) is 6.44. The van der Waals surface area contributed by atoms with Crippen molar-refractivity contribution in [3.8, 4) is 17.2 Å². The quantitative estimate of drug-likeness (QED) is 0.386. The Labute approximate surface area is 176 Å². The fourth-order valence-corrected chi connectivity index (χ4v) is 4.93. The van der Waals surface area contributed by atoms with Crippen molar-refractivity contribution in [2.45, 2.75) is 32.1 Å². The average Bonchev–Trinajstić information content (AvgIpc) is 3.40. The summed E-state index contributed by atoms with van der Waals surface area (Å²) in [6, 6.07) is 14.2. The summed E-state index contributed by atoms with van der Waals surface area (Å²) in [4.78, 5) is 12.5. The number of allylic oxidation sites excluding steroid dienone is 1. The SMILES string of the molecule is C=C1CC2COC(=O)C2(Cc2cccc(OCCCc3ccc4c(c3)OCO4)c2)C1. The van der Waals surface area contributed by atoms with Gasteiger partial charge < -0.3 is 18.9 Å². The largest absolute Gasteiger partial charge is 0.494 e. The predicted octanol–water partition coefficient (Wildman–Crippen LogP) is 4.48. The first kappa shape index (κ1) is 19.0. The summed E-state index contributed by atoms with van der Waals surface area (Å²) in [5.74, 6) is 2.66. The number of ether oxygens (including phenoxy) is 4. The molecule has 0 spiro atoms. The number of benzene rings is 2. The molecule has 0 aromatic heterocycles. The van der Waals surface area contributed by atoms with Gasteiger partial charge in [-0.3, -0.25) is 4.79 Å². The summed E-state index contributed by atoms with van der Waals surface area (Å²) in [6.07, 6.45) is 4.12. The van der Waals surface area contributed by atoms with E-state index in [-0.39, 0.29) is 11.9 Å². The number of aryl methyl sites for hydroxylation is 1. The molecule has 0 radical (unpaired) electrons. The van der Waals surface area contributed by atoms with Gasteiger partial charge in [-0.1, -0.05) is 30.4 Å². The summed E-state index contributed by atoms with van der Waals surface area (Å²) in [7, 11) is 0. The lowest BCUT2D eigenvalue weighted by Gasteiger charge is -2.24. The fourth-order valence-electron chi connectivity index (χ4n) is 4.93. The lowest BCUT2D eigenvalue weighted by molar-refractivity contribution is -0.146. The minimum atomic E-state index is -0.435. The van der Waals surface area contributed by atoms with Crippen molar-refractivity contribution in [2.75, 3.05) is 20.0 Å². The Balaban J connectivity index is 1.17. The molecule has 1 saturated heterocycles. The van der Waals surface area contributed by atoms with Crippen LogP contribution in [0, 0.1) is 11.3 Å². The van der Waals surface area contributed by atoms with Crippen LogP contribution in [-0.2, 0) is 22.4 Å². The van der Waals surface area contributed by atoms with E-state index in [9.17, 15) is 4.79 Å². The highest BCUT2D eigenvalue weighted by molar-refractivity contribution is 5.81. The molecule has 0 N–H and O–H groups in total. The monoisotopic (exact) mass is 406 g/mol. The van der Waals surface area contributed by atoms with Crippen molar-refractivity contribution in [1.82, 2.24) is 0 Å². The molecule has 2 atom stereocenters. The first-order valence-electron chi connectivity index (χ1n) is 10.6. The molecule has 2 heterocycles. The minimum Gasteiger partial charge on any atom is -0.494 e. The first-order chi connectivity index (χ1) is 14.6. The summed E-state index contributed by atoms with van der Waals surface area (Å²) >= 11 is 0. The van der Waals surface area contributed by atoms with Gasteiger partial charge in [0, 0.05) is 5.92 Å². The van der Waals surface area contributed by atoms with E-state index in [0.29, 0.717) is 26.4 Å². The number of carbonyl (C=O) groups excluding carboxylic acids is 1. The van der Waals surface area contributed by atoms with E-state index >= 15 is 0 Å². The number of hydrogen-bond donors (Lipinski definition) is 0.